The summed E-state index contributed by atoms with van der Waals surface area (Å²) >= 11 is 0. The zero-order valence-corrected chi connectivity index (χ0v) is 28.1. The van der Waals surface area contributed by atoms with Crippen molar-refractivity contribution in [3.63, 3.8) is 0 Å². The Labute approximate surface area is 264 Å². The second-order valence-corrected chi connectivity index (χ2v) is 12.3. The van der Waals surface area contributed by atoms with E-state index in [9.17, 15) is 9.59 Å². The Morgan fingerprint density at radius 2 is 2.00 bits per heavy atom. The van der Waals surface area contributed by atoms with E-state index < -0.39 is 5.92 Å². The third-order valence-electron chi connectivity index (χ3n) is 8.90. The van der Waals surface area contributed by atoms with E-state index in [-0.39, 0.29) is 23.3 Å². The zero-order chi connectivity index (χ0) is 32.1. The molecule has 0 bridgehead atoms. The molecule has 1 aromatic heterocycles. The molecule has 3 atom stereocenters. The van der Waals surface area contributed by atoms with Crippen molar-refractivity contribution in [2.75, 3.05) is 53.7 Å². The van der Waals surface area contributed by atoms with Gasteiger partial charge in [-0.05, 0) is 58.0 Å². The lowest BCUT2D eigenvalue weighted by Crippen LogP contribution is -2.51. The maximum atomic E-state index is 14.1. The van der Waals surface area contributed by atoms with Gasteiger partial charge in [0.05, 0.1) is 43.0 Å². The fraction of sp³-hybridized carbons (Fsp3) is 0.765. The molecule has 1 aromatic rings. The standard InChI is InChI=1S/C32H51N5O5.C2H6/c1-5-9-25(28(33)24-11-6-7-12-27(24)38)30(39)31-35-29-22(13-15-40-4)16-37(23-19-41-20-23)17-26(29)32(36-31)42-18-21(2)10-8-14-34-3;1-2/h21-24,34H,5-20,33H2,1-4H3;1-2H3/b28-25-;/t21?,22-,24-;/m0./s1. The molecule has 44 heavy (non-hydrogen) atoms. The topological polar surface area (TPSA) is 129 Å². The van der Waals surface area contributed by atoms with E-state index >= 15 is 0 Å². The van der Waals surface area contributed by atoms with Crippen molar-refractivity contribution in [2.24, 2.45) is 17.6 Å². The number of nitrogens with one attached hydrogen (secondary N) is 1. The third kappa shape index (κ3) is 9.31. The van der Waals surface area contributed by atoms with E-state index in [1.165, 1.54) is 0 Å². The van der Waals surface area contributed by atoms with Crippen LogP contribution in [-0.4, -0.2) is 86.2 Å². The lowest BCUT2D eigenvalue weighted by Gasteiger charge is -2.42. The van der Waals surface area contributed by atoms with Gasteiger partial charge in [-0.15, -0.1) is 0 Å². The highest BCUT2D eigenvalue weighted by Crippen LogP contribution is 2.37. The number of rotatable bonds is 16. The number of aromatic nitrogens is 2. The number of carbonyl (C=O) groups is 2. The Morgan fingerprint density at radius 3 is 2.64 bits per heavy atom. The minimum Gasteiger partial charge on any atom is -0.477 e. The van der Waals surface area contributed by atoms with Crippen molar-refractivity contribution >= 4 is 11.6 Å². The summed E-state index contributed by atoms with van der Waals surface area (Å²) in [6, 6.07) is 0.352. The molecule has 3 N–H and O–H groups in total. The summed E-state index contributed by atoms with van der Waals surface area (Å²) in [4.78, 5) is 39.1. The van der Waals surface area contributed by atoms with Crippen LogP contribution >= 0.6 is 0 Å². The summed E-state index contributed by atoms with van der Waals surface area (Å²) in [5, 5.41) is 3.20. The van der Waals surface area contributed by atoms with E-state index in [4.69, 9.17) is 29.9 Å². The lowest BCUT2D eigenvalue weighted by molar-refractivity contribution is -0.123. The van der Waals surface area contributed by atoms with Gasteiger partial charge in [-0.1, -0.05) is 40.5 Å². The Kier molecular flexibility index (Phi) is 15.2. The van der Waals surface area contributed by atoms with Gasteiger partial charge in [-0.2, -0.15) is 4.98 Å². The number of ether oxygens (including phenoxy) is 3. The average molecular weight is 616 g/mol. The molecular formula is C34H57N5O5. The van der Waals surface area contributed by atoms with Gasteiger partial charge in [0.2, 0.25) is 17.5 Å². The quantitative estimate of drug-likeness (QED) is 0.152. The van der Waals surface area contributed by atoms with Gasteiger partial charge >= 0.3 is 0 Å². The number of methoxy groups -OCH3 is 1. The van der Waals surface area contributed by atoms with Gasteiger partial charge in [0.25, 0.3) is 0 Å². The number of Topliss-reactive ketones (excluding diaryl/α,β-unsaturated/α-hetero) is 2. The van der Waals surface area contributed by atoms with Crippen LogP contribution < -0.4 is 15.8 Å². The molecule has 0 radical (unpaired) electrons. The van der Waals surface area contributed by atoms with Crippen LogP contribution in [0.25, 0.3) is 0 Å². The predicted molar refractivity (Wildman–Crippen MR) is 173 cm³/mol. The van der Waals surface area contributed by atoms with Crippen LogP contribution in [0.5, 0.6) is 5.88 Å². The molecule has 0 amide bonds. The van der Waals surface area contributed by atoms with Crippen LogP contribution in [0.3, 0.4) is 0 Å². The molecule has 2 fully saturated rings. The van der Waals surface area contributed by atoms with E-state index in [2.05, 4.69) is 17.1 Å². The molecule has 1 saturated carbocycles. The van der Waals surface area contributed by atoms with Crippen LogP contribution in [0.1, 0.15) is 113 Å². The summed E-state index contributed by atoms with van der Waals surface area (Å²) in [7, 11) is 3.67. The monoisotopic (exact) mass is 615 g/mol. The van der Waals surface area contributed by atoms with Crippen molar-refractivity contribution in [3.8, 4) is 5.88 Å². The highest BCUT2D eigenvalue weighted by Gasteiger charge is 2.37. The maximum Gasteiger partial charge on any atom is 0.228 e. The van der Waals surface area contributed by atoms with E-state index in [1.54, 1.807) is 7.11 Å². The largest absolute Gasteiger partial charge is 0.477 e. The van der Waals surface area contributed by atoms with Crippen molar-refractivity contribution in [3.05, 3.63) is 28.4 Å². The van der Waals surface area contributed by atoms with E-state index in [1.807, 2.05) is 27.8 Å². The third-order valence-corrected chi connectivity index (χ3v) is 8.90. The number of nitrogens with zero attached hydrogens (tertiary/aromatic N) is 3. The number of carbonyl (C=O) groups excluding carboxylic acids is 2. The number of hydrogen-bond donors (Lipinski definition) is 2. The smallest absolute Gasteiger partial charge is 0.228 e. The summed E-state index contributed by atoms with van der Waals surface area (Å²) in [5.41, 5.74) is 9.31. The van der Waals surface area contributed by atoms with Gasteiger partial charge < -0.3 is 25.3 Å². The number of allylic oxidation sites excluding steroid dienone is 2. The fourth-order valence-corrected chi connectivity index (χ4v) is 6.25. The summed E-state index contributed by atoms with van der Waals surface area (Å²) < 4.78 is 17.4. The van der Waals surface area contributed by atoms with Crippen molar-refractivity contribution in [1.82, 2.24) is 20.2 Å². The number of fused-ring (bicyclic) bond motifs is 1. The van der Waals surface area contributed by atoms with Crippen LogP contribution in [0.4, 0.5) is 0 Å². The summed E-state index contributed by atoms with van der Waals surface area (Å²) in [6.07, 6.45) is 7.10. The first-order chi connectivity index (χ1) is 21.4. The lowest BCUT2D eigenvalue weighted by atomic mass is 9.83. The molecule has 3 heterocycles. The number of hydrogen-bond acceptors (Lipinski definition) is 10. The number of ketones is 2. The summed E-state index contributed by atoms with van der Waals surface area (Å²) in [6.45, 7) is 13.1. The first-order valence-corrected chi connectivity index (χ1v) is 16.9. The van der Waals surface area contributed by atoms with Crippen LogP contribution in [0.15, 0.2) is 11.3 Å². The molecule has 2 aliphatic heterocycles. The highest BCUT2D eigenvalue weighted by molar-refractivity contribution is 6.07. The fourth-order valence-electron chi connectivity index (χ4n) is 6.25. The molecule has 4 rings (SSSR count). The molecule has 248 valence electrons. The predicted octanol–water partition coefficient (Wildman–Crippen LogP) is 4.81. The first-order valence-electron chi connectivity index (χ1n) is 16.9. The molecule has 10 heteroatoms. The molecule has 1 unspecified atom stereocenters. The normalized spacial score (nSPS) is 21.8. The number of nitrogens with two attached hydrogens (primary N) is 1. The Hall–Kier alpha value is -2.40. The Morgan fingerprint density at radius 1 is 1.23 bits per heavy atom. The van der Waals surface area contributed by atoms with Crippen molar-refractivity contribution in [1.29, 1.82) is 0 Å². The molecule has 10 nitrogen and oxygen atoms in total. The van der Waals surface area contributed by atoms with Crippen LogP contribution in [0.2, 0.25) is 0 Å². The van der Waals surface area contributed by atoms with Crippen LogP contribution in [0, 0.1) is 11.8 Å². The second kappa shape index (κ2) is 18.5. The molecule has 1 saturated heterocycles. The minimum absolute atomic E-state index is 0.0649. The maximum absolute atomic E-state index is 14.1. The molecule has 0 aromatic carbocycles. The Bertz CT molecular complexity index is 1110. The SMILES string of the molecule is CC.CCC/C(C(=O)c1nc(OCC(C)CCCNC)c2c(n1)[C@@H](CCOC)CN(C1COC1)C2)=C(/N)[C@H]1CCCCC1=O. The molecule has 1 aliphatic carbocycles. The minimum atomic E-state index is -0.399. The van der Waals surface area contributed by atoms with Crippen molar-refractivity contribution < 1.29 is 23.8 Å². The van der Waals surface area contributed by atoms with Gasteiger partial charge in [0.1, 0.15) is 5.78 Å². The Balaban J connectivity index is 0.00000259. The molecule has 3 aliphatic rings. The van der Waals surface area contributed by atoms with Gasteiger partial charge in [-0.3, -0.25) is 14.5 Å². The van der Waals surface area contributed by atoms with E-state index in [0.717, 1.165) is 62.9 Å². The zero-order valence-electron chi connectivity index (χ0n) is 28.1. The van der Waals surface area contributed by atoms with Crippen LogP contribution in [-0.2, 0) is 20.8 Å². The van der Waals surface area contributed by atoms with Gasteiger partial charge in [0, 0.05) is 50.4 Å². The van der Waals surface area contributed by atoms with Gasteiger partial charge in [0.15, 0.2) is 0 Å². The van der Waals surface area contributed by atoms with Crippen molar-refractivity contribution in [2.45, 2.75) is 104 Å². The second-order valence-electron chi connectivity index (χ2n) is 12.3. The highest BCUT2D eigenvalue weighted by atomic mass is 16.5. The first kappa shape index (κ1) is 36.1. The summed E-state index contributed by atoms with van der Waals surface area (Å²) in [5.74, 6) is 0.434. The van der Waals surface area contributed by atoms with E-state index in [0.29, 0.717) is 81.3 Å². The molecule has 0 spiro atoms. The van der Waals surface area contributed by atoms with Gasteiger partial charge in [-0.25, -0.2) is 4.98 Å². The molecular weight excluding hydrogens is 558 g/mol. The average Bonchev–Trinajstić information content (AvgIpc) is 3.01.